The van der Waals surface area contributed by atoms with Crippen molar-refractivity contribution >= 4 is 17.3 Å². The van der Waals surface area contributed by atoms with Crippen molar-refractivity contribution in [2.24, 2.45) is 0 Å². The number of aliphatic carboxylic acids is 1. The van der Waals surface area contributed by atoms with E-state index in [0.29, 0.717) is 0 Å². The summed E-state index contributed by atoms with van der Waals surface area (Å²) in [6.45, 7) is 2.74. The quantitative estimate of drug-likeness (QED) is 0.914. The molecule has 1 aromatic heterocycles. The molecule has 21 heavy (non-hydrogen) atoms. The largest absolute Gasteiger partial charge is 0.508 e. The van der Waals surface area contributed by atoms with Gasteiger partial charge in [-0.15, -0.1) is 11.3 Å². The molecule has 2 unspecified atom stereocenters. The van der Waals surface area contributed by atoms with Crippen molar-refractivity contribution in [2.75, 3.05) is 6.54 Å². The van der Waals surface area contributed by atoms with Crippen LogP contribution in [0.5, 0.6) is 5.75 Å². The molecule has 1 aliphatic heterocycles. The van der Waals surface area contributed by atoms with E-state index in [-0.39, 0.29) is 11.8 Å². The Morgan fingerprint density at radius 2 is 2.05 bits per heavy atom. The van der Waals surface area contributed by atoms with Gasteiger partial charge in [-0.3, -0.25) is 9.69 Å². The van der Waals surface area contributed by atoms with E-state index in [1.54, 1.807) is 23.5 Å². The summed E-state index contributed by atoms with van der Waals surface area (Å²) >= 11 is 1.63. The summed E-state index contributed by atoms with van der Waals surface area (Å²) in [5.41, 5.74) is 1.93. The molecule has 0 saturated carbocycles. The minimum Gasteiger partial charge on any atom is -0.508 e. The van der Waals surface area contributed by atoms with E-state index in [1.165, 1.54) is 4.88 Å². The summed E-state index contributed by atoms with van der Waals surface area (Å²) in [7, 11) is 0. The van der Waals surface area contributed by atoms with Crippen LogP contribution in [0.15, 0.2) is 35.7 Å². The standard InChI is InChI=1S/C16H17NO3S/c1-10(11-2-4-12(18)5-3-11)17-8-6-14-13(7-9-21-14)15(17)16(19)20/h2-5,7,9-10,15,18H,6,8H2,1H3,(H,19,20). The number of hydrogen-bond donors (Lipinski definition) is 2. The Kier molecular flexibility index (Phi) is 3.69. The first-order valence-corrected chi connectivity index (χ1v) is 7.79. The van der Waals surface area contributed by atoms with Gasteiger partial charge in [-0.05, 0) is 48.1 Å². The maximum absolute atomic E-state index is 11.7. The van der Waals surface area contributed by atoms with Gasteiger partial charge in [0.05, 0.1) is 0 Å². The van der Waals surface area contributed by atoms with E-state index < -0.39 is 12.0 Å². The van der Waals surface area contributed by atoms with Gasteiger partial charge in [0.2, 0.25) is 0 Å². The van der Waals surface area contributed by atoms with Gasteiger partial charge in [0, 0.05) is 17.5 Å². The summed E-state index contributed by atoms with van der Waals surface area (Å²) < 4.78 is 0. The van der Waals surface area contributed by atoms with Gasteiger partial charge in [0.1, 0.15) is 11.8 Å². The number of aromatic hydroxyl groups is 1. The molecule has 0 bridgehead atoms. The van der Waals surface area contributed by atoms with Crippen molar-refractivity contribution in [2.45, 2.75) is 25.4 Å². The number of fused-ring (bicyclic) bond motifs is 1. The molecule has 2 heterocycles. The zero-order valence-corrected chi connectivity index (χ0v) is 12.5. The van der Waals surface area contributed by atoms with Gasteiger partial charge in [-0.1, -0.05) is 12.1 Å². The summed E-state index contributed by atoms with van der Waals surface area (Å²) in [4.78, 5) is 14.9. The lowest BCUT2D eigenvalue weighted by Crippen LogP contribution is -2.40. The van der Waals surface area contributed by atoms with E-state index in [2.05, 4.69) is 0 Å². The second-order valence-corrected chi connectivity index (χ2v) is 6.30. The molecule has 0 saturated heterocycles. The maximum Gasteiger partial charge on any atom is 0.325 e. The lowest BCUT2D eigenvalue weighted by molar-refractivity contribution is -0.145. The van der Waals surface area contributed by atoms with E-state index >= 15 is 0 Å². The monoisotopic (exact) mass is 303 g/mol. The molecule has 0 fully saturated rings. The van der Waals surface area contributed by atoms with Crippen LogP contribution in [-0.2, 0) is 11.2 Å². The highest BCUT2D eigenvalue weighted by molar-refractivity contribution is 7.10. The van der Waals surface area contributed by atoms with Crippen LogP contribution in [-0.4, -0.2) is 27.6 Å². The van der Waals surface area contributed by atoms with Crippen LogP contribution in [0, 0.1) is 0 Å². The van der Waals surface area contributed by atoms with Gasteiger partial charge in [-0.25, -0.2) is 0 Å². The molecule has 1 aliphatic rings. The number of phenols is 1. The topological polar surface area (TPSA) is 60.8 Å². The Bertz CT molecular complexity index is 650. The number of carboxylic acids is 1. The predicted molar refractivity (Wildman–Crippen MR) is 81.6 cm³/mol. The maximum atomic E-state index is 11.7. The third-order valence-corrected chi connectivity index (χ3v) is 5.11. The third-order valence-electron chi connectivity index (χ3n) is 4.11. The molecule has 0 radical (unpaired) electrons. The van der Waals surface area contributed by atoms with Crippen LogP contribution >= 0.6 is 11.3 Å². The van der Waals surface area contributed by atoms with Crippen molar-refractivity contribution < 1.29 is 15.0 Å². The molecule has 2 N–H and O–H groups in total. The molecule has 110 valence electrons. The Morgan fingerprint density at radius 3 is 2.71 bits per heavy atom. The van der Waals surface area contributed by atoms with Gasteiger partial charge in [0.25, 0.3) is 0 Å². The van der Waals surface area contributed by atoms with Crippen LogP contribution in [0.1, 0.15) is 35.0 Å². The lowest BCUT2D eigenvalue weighted by Gasteiger charge is -2.37. The molecule has 0 spiro atoms. The Labute approximate surface area is 127 Å². The minimum absolute atomic E-state index is 0.0141. The zero-order valence-electron chi connectivity index (χ0n) is 11.7. The highest BCUT2D eigenvalue weighted by Gasteiger charge is 2.36. The lowest BCUT2D eigenvalue weighted by atomic mass is 9.95. The molecule has 2 aromatic rings. The number of carbonyl (C=O) groups is 1. The Hall–Kier alpha value is -1.85. The van der Waals surface area contributed by atoms with Gasteiger partial charge < -0.3 is 10.2 Å². The Balaban J connectivity index is 1.94. The highest BCUT2D eigenvalue weighted by atomic mass is 32.1. The van der Waals surface area contributed by atoms with Crippen molar-refractivity contribution in [3.8, 4) is 5.75 Å². The fourth-order valence-corrected chi connectivity index (χ4v) is 3.88. The number of carboxylic acid groups (broad SMARTS) is 1. The SMILES string of the molecule is CC(c1ccc(O)cc1)N1CCc2sccc2C1C(=O)O. The number of nitrogens with zero attached hydrogens (tertiary/aromatic N) is 1. The fourth-order valence-electron chi connectivity index (χ4n) is 2.97. The molecular formula is C16H17NO3S. The zero-order chi connectivity index (χ0) is 15.0. The normalized spacial score (nSPS) is 20.0. The first kappa shape index (κ1) is 14.1. The number of hydrogen-bond acceptors (Lipinski definition) is 4. The molecule has 4 nitrogen and oxygen atoms in total. The van der Waals surface area contributed by atoms with Crippen molar-refractivity contribution in [3.63, 3.8) is 0 Å². The Morgan fingerprint density at radius 1 is 1.33 bits per heavy atom. The fraction of sp³-hybridized carbons (Fsp3) is 0.312. The molecule has 3 rings (SSSR count). The third kappa shape index (κ3) is 2.54. The molecule has 0 amide bonds. The number of phenolic OH excluding ortho intramolecular Hbond substituents is 1. The van der Waals surface area contributed by atoms with E-state index in [4.69, 9.17) is 0 Å². The van der Waals surface area contributed by atoms with Crippen LogP contribution < -0.4 is 0 Å². The van der Waals surface area contributed by atoms with Gasteiger partial charge >= 0.3 is 5.97 Å². The smallest absolute Gasteiger partial charge is 0.325 e. The molecule has 1 aromatic carbocycles. The van der Waals surface area contributed by atoms with Crippen LogP contribution in [0.2, 0.25) is 0 Å². The molecular weight excluding hydrogens is 286 g/mol. The van der Waals surface area contributed by atoms with Crippen LogP contribution in [0.25, 0.3) is 0 Å². The first-order valence-electron chi connectivity index (χ1n) is 6.91. The van der Waals surface area contributed by atoms with E-state index in [0.717, 1.165) is 24.1 Å². The van der Waals surface area contributed by atoms with Crippen LogP contribution in [0.4, 0.5) is 0 Å². The minimum atomic E-state index is -0.806. The summed E-state index contributed by atoms with van der Waals surface area (Å²) in [6, 6.07) is 8.30. The summed E-state index contributed by atoms with van der Waals surface area (Å²) in [5.74, 6) is -0.584. The second-order valence-electron chi connectivity index (χ2n) is 5.30. The average Bonchev–Trinajstić information content (AvgIpc) is 2.94. The number of benzene rings is 1. The summed E-state index contributed by atoms with van der Waals surface area (Å²) in [5, 5.41) is 21.0. The predicted octanol–water partition coefficient (Wildman–Crippen LogP) is 3.20. The van der Waals surface area contributed by atoms with E-state index in [1.807, 2.05) is 35.4 Å². The van der Waals surface area contributed by atoms with Crippen molar-refractivity contribution in [1.29, 1.82) is 0 Å². The average molecular weight is 303 g/mol. The summed E-state index contributed by atoms with van der Waals surface area (Å²) in [6.07, 6.45) is 0.888. The first-order chi connectivity index (χ1) is 10.1. The van der Waals surface area contributed by atoms with Crippen LogP contribution in [0.3, 0.4) is 0 Å². The number of rotatable bonds is 3. The molecule has 2 atom stereocenters. The van der Waals surface area contributed by atoms with Crippen molar-refractivity contribution in [3.05, 3.63) is 51.7 Å². The second kappa shape index (κ2) is 5.50. The van der Waals surface area contributed by atoms with Gasteiger partial charge in [0.15, 0.2) is 0 Å². The van der Waals surface area contributed by atoms with E-state index in [9.17, 15) is 15.0 Å². The van der Waals surface area contributed by atoms with Gasteiger partial charge in [-0.2, -0.15) is 0 Å². The number of thiophene rings is 1. The molecule has 5 heteroatoms. The van der Waals surface area contributed by atoms with Crippen molar-refractivity contribution in [1.82, 2.24) is 4.90 Å². The highest BCUT2D eigenvalue weighted by Crippen LogP contribution is 2.38. The molecule has 0 aliphatic carbocycles.